The number of carboxylic acid groups (broad SMARTS) is 1. The van der Waals surface area contributed by atoms with Crippen molar-refractivity contribution in [1.29, 1.82) is 0 Å². The molecule has 0 spiro atoms. The molecular formula is C12H21NO3. The molecule has 1 fully saturated rings. The lowest BCUT2D eigenvalue weighted by molar-refractivity contribution is -0.149. The maximum Gasteiger partial charge on any atom is 0.307 e. The van der Waals surface area contributed by atoms with Crippen molar-refractivity contribution in [2.45, 2.75) is 52.0 Å². The highest BCUT2D eigenvalue weighted by atomic mass is 16.4. The SMILES string of the molecule is CCC(C)NC(=O)[C@@H]1CCCC[C@@H]1C(=O)O. The van der Waals surface area contributed by atoms with Crippen molar-refractivity contribution in [3.05, 3.63) is 0 Å². The molecular weight excluding hydrogens is 206 g/mol. The topological polar surface area (TPSA) is 66.4 Å². The van der Waals surface area contributed by atoms with Gasteiger partial charge in [0, 0.05) is 6.04 Å². The first-order chi connectivity index (χ1) is 7.56. The van der Waals surface area contributed by atoms with Gasteiger partial charge >= 0.3 is 5.97 Å². The van der Waals surface area contributed by atoms with Gasteiger partial charge in [0.15, 0.2) is 0 Å². The first-order valence-corrected chi connectivity index (χ1v) is 6.09. The van der Waals surface area contributed by atoms with Crippen LogP contribution in [-0.4, -0.2) is 23.0 Å². The van der Waals surface area contributed by atoms with Crippen molar-refractivity contribution < 1.29 is 14.7 Å². The molecule has 1 aliphatic carbocycles. The Labute approximate surface area is 96.4 Å². The van der Waals surface area contributed by atoms with Gasteiger partial charge in [0.25, 0.3) is 0 Å². The minimum Gasteiger partial charge on any atom is -0.481 e. The van der Waals surface area contributed by atoms with Crippen LogP contribution in [0.25, 0.3) is 0 Å². The fourth-order valence-corrected chi connectivity index (χ4v) is 2.19. The summed E-state index contributed by atoms with van der Waals surface area (Å²) in [6.07, 6.45) is 4.09. The molecule has 4 nitrogen and oxygen atoms in total. The third-order valence-electron chi connectivity index (χ3n) is 3.42. The Bertz CT molecular complexity index is 265. The summed E-state index contributed by atoms with van der Waals surface area (Å²) in [6, 6.07) is 0.129. The number of aliphatic carboxylic acids is 1. The Hall–Kier alpha value is -1.06. The smallest absolute Gasteiger partial charge is 0.307 e. The molecule has 1 saturated carbocycles. The van der Waals surface area contributed by atoms with Crippen LogP contribution in [0, 0.1) is 11.8 Å². The molecule has 0 aromatic carbocycles. The Kier molecular flexibility index (Phi) is 4.77. The van der Waals surface area contributed by atoms with Crippen LogP contribution in [-0.2, 0) is 9.59 Å². The van der Waals surface area contributed by atoms with E-state index < -0.39 is 11.9 Å². The summed E-state index contributed by atoms with van der Waals surface area (Å²) in [6.45, 7) is 3.94. The van der Waals surface area contributed by atoms with Crippen LogP contribution in [0.4, 0.5) is 0 Å². The number of carboxylic acids is 1. The molecule has 3 atom stereocenters. The highest BCUT2D eigenvalue weighted by Gasteiger charge is 2.35. The molecule has 0 heterocycles. The average molecular weight is 227 g/mol. The number of rotatable bonds is 4. The fourth-order valence-electron chi connectivity index (χ4n) is 2.19. The van der Waals surface area contributed by atoms with Crippen molar-refractivity contribution in [1.82, 2.24) is 5.32 Å². The second-order valence-corrected chi connectivity index (χ2v) is 4.65. The van der Waals surface area contributed by atoms with Gasteiger partial charge in [-0.15, -0.1) is 0 Å². The zero-order valence-electron chi connectivity index (χ0n) is 10.0. The van der Waals surface area contributed by atoms with Crippen LogP contribution in [0.3, 0.4) is 0 Å². The van der Waals surface area contributed by atoms with Gasteiger partial charge in [0.2, 0.25) is 5.91 Å². The molecule has 16 heavy (non-hydrogen) atoms. The molecule has 0 radical (unpaired) electrons. The normalized spacial score (nSPS) is 27.1. The number of amides is 1. The molecule has 0 bridgehead atoms. The molecule has 4 heteroatoms. The van der Waals surface area contributed by atoms with E-state index in [0.29, 0.717) is 12.8 Å². The van der Waals surface area contributed by atoms with Gasteiger partial charge in [-0.2, -0.15) is 0 Å². The first kappa shape index (κ1) is 13.0. The maximum atomic E-state index is 11.9. The quantitative estimate of drug-likeness (QED) is 0.769. The van der Waals surface area contributed by atoms with Crippen LogP contribution < -0.4 is 5.32 Å². The third-order valence-corrected chi connectivity index (χ3v) is 3.42. The summed E-state index contributed by atoms with van der Waals surface area (Å²) in [5.74, 6) is -1.73. The van der Waals surface area contributed by atoms with Crippen molar-refractivity contribution in [3.63, 3.8) is 0 Å². The number of hydrogen-bond donors (Lipinski definition) is 2. The van der Waals surface area contributed by atoms with Gasteiger partial charge in [0.05, 0.1) is 11.8 Å². The number of hydrogen-bond acceptors (Lipinski definition) is 2. The van der Waals surface area contributed by atoms with E-state index in [-0.39, 0.29) is 17.9 Å². The molecule has 1 unspecified atom stereocenters. The van der Waals surface area contributed by atoms with Crippen LogP contribution >= 0.6 is 0 Å². The second kappa shape index (κ2) is 5.87. The molecule has 0 saturated heterocycles. The van der Waals surface area contributed by atoms with E-state index in [1.807, 2.05) is 13.8 Å². The van der Waals surface area contributed by atoms with Crippen LogP contribution in [0.15, 0.2) is 0 Å². The van der Waals surface area contributed by atoms with E-state index in [1.165, 1.54) is 0 Å². The lowest BCUT2D eigenvalue weighted by atomic mass is 9.78. The maximum absolute atomic E-state index is 11.9. The van der Waals surface area contributed by atoms with E-state index >= 15 is 0 Å². The summed E-state index contributed by atoms with van der Waals surface area (Å²) in [5, 5.41) is 12.0. The molecule has 0 aromatic heterocycles. The van der Waals surface area contributed by atoms with Crippen molar-refractivity contribution in [3.8, 4) is 0 Å². The van der Waals surface area contributed by atoms with Crippen molar-refractivity contribution in [2.24, 2.45) is 11.8 Å². The van der Waals surface area contributed by atoms with Gasteiger partial charge in [-0.05, 0) is 26.2 Å². The summed E-state index contributed by atoms with van der Waals surface area (Å²) >= 11 is 0. The van der Waals surface area contributed by atoms with E-state index in [2.05, 4.69) is 5.32 Å². The third kappa shape index (κ3) is 3.22. The van der Waals surface area contributed by atoms with Crippen LogP contribution in [0.1, 0.15) is 46.0 Å². The Morgan fingerprint density at radius 2 is 1.88 bits per heavy atom. The molecule has 1 rings (SSSR count). The van der Waals surface area contributed by atoms with Gasteiger partial charge in [-0.25, -0.2) is 0 Å². The average Bonchev–Trinajstić information content (AvgIpc) is 2.28. The van der Waals surface area contributed by atoms with Gasteiger partial charge in [-0.1, -0.05) is 19.8 Å². The highest BCUT2D eigenvalue weighted by Crippen LogP contribution is 2.30. The molecule has 1 amide bonds. The zero-order valence-corrected chi connectivity index (χ0v) is 10.0. The van der Waals surface area contributed by atoms with E-state index in [1.54, 1.807) is 0 Å². The molecule has 92 valence electrons. The predicted molar refractivity (Wildman–Crippen MR) is 61.0 cm³/mol. The van der Waals surface area contributed by atoms with Crippen molar-refractivity contribution in [2.75, 3.05) is 0 Å². The van der Waals surface area contributed by atoms with E-state index in [9.17, 15) is 9.59 Å². The lowest BCUT2D eigenvalue weighted by Gasteiger charge is -2.28. The monoisotopic (exact) mass is 227 g/mol. The van der Waals surface area contributed by atoms with Gasteiger partial charge < -0.3 is 10.4 Å². The predicted octanol–water partition coefficient (Wildman–Crippen LogP) is 1.79. The Morgan fingerprint density at radius 1 is 1.31 bits per heavy atom. The summed E-state index contributed by atoms with van der Waals surface area (Å²) in [7, 11) is 0. The van der Waals surface area contributed by atoms with E-state index in [0.717, 1.165) is 19.3 Å². The molecule has 0 aromatic rings. The van der Waals surface area contributed by atoms with Crippen molar-refractivity contribution >= 4 is 11.9 Å². The standard InChI is InChI=1S/C12H21NO3/c1-3-8(2)13-11(14)9-6-4-5-7-10(9)12(15)16/h8-10H,3-7H2,1-2H3,(H,13,14)(H,15,16)/t8?,9-,10+/m1/s1. The van der Waals surface area contributed by atoms with Crippen LogP contribution in [0.5, 0.6) is 0 Å². The largest absolute Gasteiger partial charge is 0.481 e. The zero-order chi connectivity index (χ0) is 12.1. The second-order valence-electron chi connectivity index (χ2n) is 4.65. The fraction of sp³-hybridized carbons (Fsp3) is 0.833. The number of nitrogens with one attached hydrogen (secondary N) is 1. The first-order valence-electron chi connectivity index (χ1n) is 6.09. The summed E-state index contributed by atoms with van der Waals surface area (Å²) in [4.78, 5) is 23.0. The molecule has 2 N–H and O–H groups in total. The highest BCUT2D eigenvalue weighted by molar-refractivity contribution is 5.85. The molecule has 0 aliphatic heterocycles. The minimum absolute atomic E-state index is 0.0820. The Balaban J connectivity index is 2.60. The Morgan fingerprint density at radius 3 is 2.38 bits per heavy atom. The number of carbonyl (C=O) groups is 2. The minimum atomic E-state index is -0.830. The number of carbonyl (C=O) groups excluding carboxylic acids is 1. The van der Waals surface area contributed by atoms with Gasteiger partial charge in [0.1, 0.15) is 0 Å². The summed E-state index contributed by atoms with van der Waals surface area (Å²) in [5.41, 5.74) is 0. The summed E-state index contributed by atoms with van der Waals surface area (Å²) < 4.78 is 0. The van der Waals surface area contributed by atoms with E-state index in [4.69, 9.17) is 5.11 Å². The lowest BCUT2D eigenvalue weighted by Crippen LogP contribution is -2.42. The van der Waals surface area contributed by atoms with Crippen LogP contribution in [0.2, 0.25) is 0 Å². The van der Waals surface area contributed by atoms with Gasteiger partial charge in [-0.3, -0.25) is 9.59 Å². The molecule has 1 aliphatic rings.